The molecule has 25 heavy (non-hydrogen) atoms. The highest BCUT2D eigenvalue weighted by Crippen LogP contribution is 2.38. The summed E-state index contributed by atoms with van der Waals surface area (Å²) in [7, 11) is 8.28. The average Bonchev–Trinajstić information content (AvgIpc) is 2.59. The maximum Gasteiger partial charge on any atom is 0.255 e. The highest BCUT2D eigenvalue weighted by molar-refractivity contribution is 6.31. The number of carbonyl (C=O) groups is 1. The first-order valence-electron chi connectivity index (χ1n) is 7.49. The molecule has 2 aromatic rings. The van der Waals surface area contributed by atoms with Crippen molar-refractivity contribution in [3.05, 3.63) is 40.9 Å². The molecule has 0 saturated heterocycles. The van der Waals surface area contributed by atoms with Gasteiger partial charge in [-0.15, -0.1) is 0 Å². The summed E-state index contributed by atoms with van der Waals surface area (Å²) in [5.41, 5.74) is 1.82. The summed E-state index contributed by atoms with van der Waals surface area (Å²) in [5.74, 6) is 0.930. The molecule has 1 amide bonds. The van der Waals surface area contributed by atoms with Crippen LogP contribution < -0.4 is 24.4 Å². The second kappa shape index (κ2) is 7.98. The van der Waals surface area contributed by atoms with Crippen molar-refractivity contribution < 1.29 is 19.0 Å². The smallest absolute Gasteiger partial charge is 0.255 e. The maximum absolute atomic E-state index is 12.7. The van der Waals surface area contributed by atoms with Gasteiger partial charge in [-0.3, -0.25) is 4.79 Å². The van der Waals surface area contributed by atoms with Crippen LogP contribution in [0, 0.1) is 0 Å². The number of ether oxygens (including phenoxy) is 3. The molecule has 0 spiro atoms. The van der Waals surface area contributed by atoms with Gasteiger partial charge in [0.05, 0.1) is 32.7 Å². The van der Waals surface area contributed by atoms with E-state index in [1.807, 2.05) is 25.1 Å². The van der Waals surface area contributed by atoms with Gasteiger partial charge < -0.3 is 24.4 Å². The Morgan fingerprint density at radius 3 is 2.08 bits per heavy atom. The van der Waals surface area contributed by atoms with Gasteiger partial charge in [-0.05, 0) is 30.3 Å². The third kappa shape index (κ3) is 4.09. The third-order valence-corrected chi connectivity index (χ3v) is 3.85. The number of halogens is 1. The molecule has 7 heteroatoms. The maximum atomic E-state index is 12.7. The van der Waals surface area contributed by atoms with Gasteiger partial charge in [-0.1, -0.05) is 11.6 Å². The molecule has 2 rings (SSSR count). The predicted octanol–water partition coefficient (Wildman–Crippen LogP) is 3.68. The Morgan fingerprint density at radius 2 is 1.60 bits per heavy atom. The second-order valence-electron chi connectivity index (χ2n) is 5.42. The molecular formula is C18H21ClN2O4. The van der Waals surface area contributed by atoms with Crippen molar-refractivity contribution in [1.82, 2.24) is 0 Å². The predicted molar refractivity (Wildman–Crippen MR) is 99.8 cm³/mol. The van der Waals surface area contributed by atoms with Gasteiger partial charge in [-0.25, -0.2) is 0 Å². The van der Waals surface area contributed by atoms with E-state index in [2.05, 4.69) is 5.32 Å². The molecule has 0 unspecified atom stereocenters. The van der Waals surface area contributed by atoms with E-state index in [4.69, 9.17) is 25.8 Å². The monoisotopic (exact) mass is 364 g/mol. The van der Waals surface area contributed by atoms with E-state index < -0.39 is 0 Å². The highest BCUT2D eigenvalue weighted by atomic mass is 35.5. The summed E-state index contributed by atoms with van der Waals surface area (Å²) in [6.07, 6.45) is 0. The summed E-state index contributed by atoms with van der Waals surface area (Å²) >= 11 is 6.06. The number of hydrogen-bond acceptors (Lipinski definition) is 5. The van der Waals surface area contributed by atoms with Crippen LogP contribution >= 0.6 is 11.6 Å². The summed E-state index contributed by atoms with van der Waals surface area (Å²) in [5, 5.41) is 3.41. The summed E-state index contributed by atoms with van der Waals surface area (Å²) in [4.78, 5) is 14.6. The van der Waals surface area contributed by atoms with Crippen molar-refractivity contribution >= 4 is 28.9 Å². The Kier molecular flexibility index (Phi) is 5.98. The van der Waals surface area contributed by atoms with Gasteiger partial charge in [0.15, 0.2) is 11.5 Å². The van der Waals surface area contributed by atoms with E-state index in [-0.39, 0.29) is 5.91 Å². The lowest BCUT2D eigenvalue weighted by Gasteiger charge is -2.19. The minimum atomic E-state index is -0.315. The third-order valence-electron chi connectivity index (χ3n) is 3.62. The molecule has 0 aliphatic carbocycles. The molecular weight excluding hydrogens is 344 g/mol. The quantitative estimate of drug-likeness (QED) is 0.847. The van der Waals surface area contributed by atoms with E-state index >= 15 is 0 Å². The second-order valence-corrected chi connectivity index (χ2v) is 5.86. The van der Waals surface area contributed by atoms with Gasteiger partial charge >= 0.3 is 0 Å². The molecule has 0 radical (unpaired) electrons. The Labute approximate surface area is 152 Å². The van der Waals surface area contributed by atoms with Crippen molar-refractivity contribution in [1.29, 1.82) is 0 Å². The molecule has 0 saturated carbocycles. The van der Waals surface area contributed by atoms with Crippen LogP contribution in [0.2, 0.25) is 5.02 Å². The Hall–Kier alpha value is -2.60. The summed E-state index contributed by atoms with van der Waals surface area (Å²) < 4.78 is 15.8. The Morgan fingerprint density at radius 1 is 1.00 bits per heavy atom. The van der Waals surface area contributed by atoms with E-state index in [0.717, 1.165) is 5.69 Å². The first kappa shape index (κ1) is 18.7. The normalized spacial score (nSPS) is 10.2. The number of rotatable bonds is 6. The van der Waals surface area contributed by atoms with E-state index in [1.54, 1.807) is 24.3 Å². The number of methoxy groups -OCH3 is 3. The molecule has 6 nitrogen and oxygen atoms in total. The van der Waals surface area contributed by atoms with Gasteiger partial charge in [0.2, 0.25) is 5.75 Å². The van der Waals surface area contributed by atoms with E-state index in [9.17, 15) is 4.79 Å². The highest BCUT2D eigenvalue weighted by Gasteiger charge is 2.18. The number of benzene rings is 2. The molecule has 2 aromatic carbocycles. The number of carbonyl (C=O) groups excluding carboxylic acids is 1. The molecule has 0 bridgehead atoms. The van der Waals surface area contributed by atoms with Crippen LogP contribution in [0.1, 0.15) is 10.4 Å². The fourth-order valence-corrected chi connectivity index (χ4v) is 2.58. The number of anilines is 2. The molecule has 0 fully saturated rings. The van der Waals surface area contributed by atoms with Gasteiger partial charge in [0, 0.05) is 24.7 Å². The first-order valence-corrected chi connectivity index (χ1v) is 7.87. The molecule has 0 atom stereocenters. The van der Waals surface area contributed by atoms with Crippen molar-refractivity contribution in [2.24, 2.45) is 0 Å². The number of hydrogen-bond donors (Lipinski definition) is 1. The van der Waals surface area contributed by atoms with Crippen molar-refractivity contribution in [2.45, 2.75) is 0 Å². The lowest BCUT2D eigenvalue weighted by Crippen LogP contribution is -2.17. The van der Waals surface area contributed by atoms with Crippen LogP contribution in [0.25, 0.3) is 0 Å². The summed E-state index contributed by atoms with van der Waals surface area (Å²) in [6.45, 7) is 0. The standard InChI is InChI=1S/C18H21ClN2O4/c1-21(2)14-7-6-12(19)10-13(14)20-18(22)11-8-15(23-3)17(25-5)16(9-11)24-4/h6-10H,1-5H3,(H,20,22). The van der Waals surface area contributed by atoms with Crippen LogP contribution in [0.5, 0.6) is 17.2 Å². The minimum Gasteiger partial charge on any atom is -0.493 e. The van der Waals surface area contributed by atoms with Gasteiger partial charge in [-0.2, -0.15) is 0 Å². The Bertz CT molecular complexity index is 753. The van der Waals surface area contributed by atoms with Crippen LogP contribution in [-0.2, 0) is 0 Å². The SMILES string of the molecule is COc1cc(C(=O)Nc2cc(Cl)ccc2N(C)C)cc(OC)c1OC. The van der Waals surface area contributed by atoms with Gasteiger partial charge in [0.1, 0.15) is 0 Å². The van der Waals surface area contributed by atoms with Crippen molar-refractivity contribution in [3.8, 4) is 17.2 Å². The fourth-order valence-electron chi connectivity index (χ4n) is 2.41. The molecule has 0 aliphatic rings. The van der Waals surface area contributed by atoms with Crippen molar-refractivity contribution in [2.75, 3.05) is 45.6 Å². The summed E-state index contributed by atoms with van der Waals surface area (Å²) in [6, 6.07) is 8.50. The van der Waals surface area contributed by atoms with Crippen LogP contribution in [0.3, 0.4) is 0 Å². The first-order chi connectivity index (χ1) is 11.9. The molecule has 134 valence electrons. The minimum absolute atomic E-state index is 0.315. The van der Waals surface area contributed by atoms with Crippen molar-refractivity contribution in [3.63, 3.8) is 0 Å². The lowest BCUT2D eigenvalue weighted by molar-refractivity contribution is 0.102. The lowest BCUT2D eigenvalue weighted by atomic mass is 10.1. The van der Waals surface area contributed by atoms with Crippen LogP contribution in [0.4, 0.5) is 11.4 Å². The molecule has 0 heterocycles. The largest absolute Gasteiger partial charge is 0.493 e. The number of amides is 1. The molecule has 1 N–H and O–H groups in total. The zero-order valence-electron chi connectivity index (χ0n) is 14.8. The average molecular weight is 365 g/mol. The van der Waals surface area contributed by atoms with Crippen LogP contribution in [0.15, 0.2) is 30.3 Å². The zero-order valence-corrected chi connectivity index (χ0v) is 15.6. The molecule has 0 aliphatic heterocycles. The zero-order chi connectivity index (χ0) is 18.6. The number of nitrogens with zero attached hydrogens (tertiary/aromatic N) is 1. The van der Waals surface area contributed by atoms with Crippen LogP contribution in [-0.4, -0.2) is 41.3 Å². The Balaban J connectivity index is 2.41. The number of nitrogens with one attached hydrogen (secondary N) is 1. The van der Waals surface area contributed by atoms with Gasteiger partial charge in [0.25, 0.3) is 5.91 Å². The topological polar surface area (TPSA) is 60.0 Å². The fraction of sp³-hybridized carbons (Fsp3) is 0.278. The van der Waals surface area contributed by atoms with E-state index in [0.29, 0.717) is 33.5 Å². The molecule has 0 aromatic heterocycles. The van der Waals surface area contributed by atoms with E-state index in [1.165, 1.54) is 21.3 Å².